The van der Waals surface area contributed by atoms with Gasteiger partial charge in [0, 0.05) is 38.0 Å². The van der Waals surface area contributed by atoms with Crippen molar-refractivity contribution in [1.82, 2.24) is 9.88 Å². The van der Waals surface area contributed by atoms with Crippen LogP contribution in [0, 0.1) is 0 Å². The lowest BCUT2D eigenvalue weighted by molar-refractivity contribution is -0.131. The highest BCUT2D eigenvalue weighted by Gasteiger charge is 2.22. The molecule has 1 fully saturated rings. The summed E-state index contributed by atoms with van der Waals surface area (Å²) in [7, 11) is -2.23. The molecule has 1 saturated heterocycles. The number of carbonyl (C=O) groups excluding carboxylic acids is 1. The van der Waals surface area contributed by atoms with Gasteiger partial charge in [0.1, 0.15) is 5.75 Å². The molecule has 2 aromatic carbocycles. The molecule has 1 aliphatic heterocycles. The molecule has 0 atom stereocenters. The Labute approximate surface area is 208 Å². The smallest absolute Gasteiger partial charge is 0.263 e. The number of thiazole rings is 1. The summed E-state index contributed by atoms with van der Waals surface area (Å²) in [5.41, 5.74) is 1.67. The van der Waals surface area contributed by atoms with Gasteiger partial charge in [-0.3, -0.25) is 9.52 Å². The zero-order valence-electron chi connectivity index (χ0n) is 18.6. The second-order valence-corrected chi connectivity index (χ2v) is 10.7. The first kappa shape index (κ1) is 24.3. The van der Waals surface area contributed by atoms with E-state index in [-0.39, 0.29) is 15.9 Å². The molecule has 2 heterocycles. The quantitative estimate of drug-likeness (QED) is 0.484. The number of methoxy groups -OCH3 is 1. The molecule has 4 rings (SSSR count). The molecule has 34 heavy (non-hydrogen) atoms. The lowest BCUT2D eigenvalue weighted by Gasteiger charge is -2.36. The van der Waals surface area contributed by atoms with Gasteiger partial charge < -0.3 is 14.5 Å². The Hall–Kier alpha value is -2.82. The summed E-state index contributed by atoms with van der Waals surface area (Å²) in [6.45, 7) is 2.72. The van der Waals surface area contributed by atoms with Crippen molar-refractivity contribution in [3.05, 3.63) is 64.6 Å². The van der Waals surface area contributed by atoms with Gasteiger partial charge in [0.25, 0.3) is 10.0 Å². The first-order valence-corrected chi connectivity index (χ1v) is 13.5. The van der Waals surface area contributed by atoms with Crippen molar-refractivity contribution in [2.75, 3.05) is 42.9 Å². The highest BCUT2D eigenvalue weighted by atomic mass is 35.5. The van der Waals surface area contributed by atoms with Crippen molar-refractivity contribution in [3.63, 3.8) is 0 Å². The van der Waals surface area contributed by atoms with Gasteiger partial charge in [-0.15, -0.1) is 11.3 Å². The van der Waals surface area contributed by atoms with Gasteiger partial charge in [0.05, 0.1) is 28.4 Å². The van der Waals surface area contributed by atoms with Crippen LogP contribution in [0.4, 0.5) is 10.8 Å². The molecule has 0 aliphatic carbocycles. The summed E-state index contributed by atoms with van der Waals surface area (Å²) in [5, 5.41) is 2.75. The van der Waals surface area contributed by atoms with Gasteiger partial charge in [-0.05, 0) is 42.8 Å². The number of aryl methyl sites for hydroxylation is 1. The first-order chi connectivity index (χ1) is 16.4. The molecule has 0 bridgehead atoms. The molecular formula is C23H25ClN4O4S2. The number of sulfonamides is 1. The number of rotatable bonds is 8. The average Bonchev–Trinajstić information content (AvgIpc) is 3.29. The summed E-state index contributed by atoms with van der Waals surface area (Å²) in [5.74, 6) is 0.637. The van der Waals surface area contributed by atoms with E-state index in [4.69, 9.17) is 16.3 Å². The van der Waals surface area contributed by atoms with Crippen LogP contribution in [0.25, 0.3) is 0 Å². The average molecular weight is 521 g/mol. The maximum atomic E-state index is 12.7. The molecule has 1 aromatic heterocycles. The normalized spacial score (nSPS) is 14.2. The number of hydrogen-bond donors (Lipinski definition) is 1. The number of anilines is 2. The second-order valence-electron chi connectivity index (χ2n) is 7.74. The lowest BCUT2D eigenvalue weighted by Crippen LogP contribution is -2.48. The van der Waals surface area contributed by atoms with Crippen LogP contribution in [0.3, 0.4) is 0 Å². The monoisotopic (exact) mass is 520 g/mol. The maximum Gasteiger partial charge on any atom is 0.263 e. The van der Waals surface area contributed by atoms with Gasteiger partial charge in [0.2, 0.25) is 5.91 Å². The Morgan fingerprint density at radius 3 is 2.50 bits per heavy atom. The summed E-state index contributed by atoms with van der Waals surface area (Å²) >= 11 is 7.48. The Morgan fingerprint density at radius 2 is 1.82 bits per heavy atom. The van der Waals surface area contributed by atoms with Crippen molar-refractivity contribution in [1.29, 1.82) is 0 Å². The minimum atomic E-state index is -3.75. The van der Waals surface area contributed by atoms with E-state index in [9.17, 15) is 13.2 Å². The van der Waals surface area contributed by atoms with E-state index in [0.29, 0.717) is 42.4 Å². The van der Waals surface area contributed by atoms with Crippen LogP contribution >= 0.6 is 22.9 Å². The largest absolute Gasteiger partial charge is 0.497 e. The number of aromatic nitrogens is 1. The van der Waals surface area contributed by atoms with Crippen LogP contribution in [-0.2, 0) is 21.2 Å². The van der Waals surface area contributed by atoms with Crippen molar-refractivity contribution in [2.45, 2.75) is 17.7 Å². The molecule has 0 unspecified atom stereocenters. The standard InChI is InChI=1S/C23H25ClN4O4S2/c1-32-18-7-9-19(10-8-18)34(30,31)26-23-25-17(16-33-23)6-11-22(29)28-14-12-27(13-15-28)21-5-3-2-4-20(21)24/h2-5,7-10,16H,6,11-15H2,1H3,(H,25,26). The number of ether oxygens (including phenoxy) is 1. The molecule has 0 saturated carbocycles. The number of nitrogens with zero attached hydrogens (tertiary/aromatic N) is 3. The van der Waals surface area contributed by atoms with Gasteiger partial charge in [-0.2, -0.15) is 0 Å². The first-order valence-electron chi connectivity index (χ1n) is 10.7. The van der Waals surface area contributed by atoms with E-state index < -0.39 is 10.0 Å². The van der Waals surface area contributed by atoms with E-state index in [1.165, 1.54) is 30.6 Å². The van der Waals surface area contributed by atoms with Crippen LogP contribution in [0.15, 0.2) is 58.8 Å². The highest BCUT2D eigenvalue weighted by Crippen LogP contribution is 2.26. The third-order valence-corrected chi connectivity index (χ3v) is 8.17. The SMILES string of the molecule is COc1ccc(S(=O)(=O)Nc2nc(CCC(=O)N3CCN(c4ccccc4Cl)CC3)cs2)cc1. The predicted molar refractivity (Wildman–Crippen MR) is 134 cm³/mol. The van der Waals surface area contributed by atoms with Crippen molar-refractivity contribution in [2.24, 2.45) is 0 Å². The number of benzene rings is 2. The van der Waals surface area contributed by atoms with E-state index in [1.54, 1.807) is 17.5 Å². The van der Waals surface area contributed by atoms with E-state index >= 15 is 0 Å². The van der Waals surface area contributed by atoms with Gasteiger partial charge in [-0.1, -0.05) is 23.7 Å². The van der Waals surface area contributed by atoms with E-state index in [2.05, 4.69) is 14.6 Å². The predicted octanol–water partition coefficient (Wildman–Crippen LogP) is 3.89. The van der Waals surface area contributed by atoms with E-state index in [0.717, 1.165) is 18.8 Å². The third-order valence-electron chi connectivity index (χ3n) is 5.56. The molecular weight excluding hydrogens is 496 g/mol. The number of hydrogen-bond acceptors (Lipinski definition) is 7. The van der Waals surface area contributed by atoms with Crippen LogP contribution in [-0.4, -0.2) is 57.5 Å². The molecule has 1 N–H and O–H groups in total. The zero-order chi connectivity index (χ0) is 24.1. The molecule has 0 radical (unpaired) electrons. The fourth-order valence-electron chi connectivity index (χ4n) is 3.70. The van der Waals surface area contributed by atoms with Gasteiger partial charge in [-0.25, -0.2) is 13.4 Å². The number of piperazine rings is 1. The fraction of sp³-hybridized carbons (Fsp3) is 0.304. The minimum Gasteiger partial charge on any atom is -0.497 e. The van der Waals surface area contributed by atoms with Crippen molar-refractivity contribution < 1.29 is 17.9 Å². The zero-order valence-corrected chi connectivity index (χ0v) is 21.0. The molecule has 1 aliphatic rings. The molecule has 1 amide bonds. The second kappa shape index (κ2) is 10.6. The van der Waals surface area contributed by atoms with Crippen molar-refractivity contribution in [3.8, 4) is 5.75 Å². The van der Waals surface area contributed by atoms with Gasteiger partial charge in [0.15, 0.2) is 5.13 Å². The van der Waals surface area contributed by atoms with Gasteiger partial charge >= 0.3 is 0 Å². The Morgan fingerprint density at radius 1 is 1.12 bits per heavy atom. The lowest BCUT2D eigenvalue weighted by atomic mass is 10.2. The third kappa shape index (κ3) is 5.81. The van der Waals surface area contributed by atoms with Crippen LogP contribution in [0.1, 0.15) is 12.1 Å². The summed E-state index contributed by atoms with van der Waals surface area (Å²) in [6, 6.07) is 13.8. The maximum absolute atomic E-state index is 12.7. The summed E-state index contributed by atoms with van der Waals surface area (Å²) in [4.78, 5) is 21.2. The van der Waals surface area contributed by atoms with Crippen LogP contribution < -0.4 is 14.4 Å². The Balaban J connectivity index is 1.27. The van der Waals surface area contributed by atoms with Crippen LogP contribution in [0.5, 0.6) is 5.75 Å². The fourth-order valence-corrected chi connectivity index (χ4v) is 5.95. The Kier molecular flexibility index (Phi) is 7.60. The minimum absolute atomic E-state index is 0.0622. The molecule has 11 heteroatoms. The van der Waals surface area contributed by atoms with Crippen LogP contribution in [0.2, 0.25) is 5.02 Å². The number of para-hydroxylation sites is 1. The van der Waals surface area contributed by atoms with E-state index in [1.807, 2.05) is 29.2 Å². The van der Waals surface area contributed by atoms with Crippen molar-refractivity contribution >= 4 is 49.7 Å². The topological polar surface area (TPSA) is 91.8 Å². The number of amides is 1. The summed E-state index contributed by atoms with van der Waals surface area (Å²) < 4.78 is 32.7. The molecule has 180 valence electrons. The molecule has 3 aromatic rings. The Bertz CT molecular complexity index is 1240. The number of nitrogens with one attached hydrogen (secondary N) is 1. The number of carbonyl (C=O) groups is 1. The summed E-state index contributed by atoms with van der Waals surface area (Å²) in [6.07, 6.45) is 0.769. The highest BCUT2D eigenvalue weighted by molar-refractivity contribution is 7.93. The number of halogens is 1. The molecule has 0 spiro atoms. The molecule has 8 nitrogen and oxygen atoms in total.